The Balaban J connectivity index is 1.63. The Bertz CT molecular complexity index is 1000. The molecule has 1 aliphatic rings. The molecule has 6 heteroatoms. The summed E-state index contributed by atoms with van der Waals surface area (Å²) < 4.78 is 5.22. The number of ether oxygens (including phenoxy) is 1. The number of aromatic nitrogens is 1. The zero-order chi connectivity index (χ0) is 19.5. The highest BCUT2D eigenvalue weighted by Gasteiger charge is 2.30. The lowest BCUT2D eigenvalue weighted by molar-refractivity contribution is -0.117. The standard InChI is InChI=1S/C22H22ClN3O2/c1-28-11-10-26-9-8-18(19-12-16(23)6-7-21(19)26)22(27)25-20-14-24-13-15-4-2-3-5-17(15)20/h2-7,12-14,18H,8-11H2,1H3,(H,25,27). The van der Waals surface area contributed by atoms with Crippen LogP contribution < -0.4 is 10.2 Å². The molecule has 0 saturated heterocycles. The van der Waals surface area contributed by atoms with Gasteiger partial charge in [-0.25, -0.2) is 0 Å². The number of nitrogens with zero attached hydrogens (tertiary/aromatic N) is 2. The van der Waals surface area contributed by atoms with Crippen LogP contribution in [0.3, 0.4) is 0 Å². The summed E-state index contributed by atoms with van der Waals surface area (Å²) >= 11 is 6.25. The van der Waals surface area contributed by atoms with E-state index in [-0.39, 0.29) is 11.8 Å². The van der Waals surface area contributed by atoms with Crippen molar-refractivity contribution in [3.8, 4) is 0 Å². The number of methoxy groups -OCH3 is 1. The van der Waals surface area contributed by atoms with Crippen molar-refractivity contribution in [2.24, 2.45) is 0 Å². The van der Waals surface area contributed by atoms with Gasteiger partial charge in [-0.2, -0.15) is 0 Å². The first-order valence-electron chi connectivity index (χ1n) is 9.34. The highest BCUT2D eigenvalue weighted by Crippen LogP contribution is 2.38. The Kier molecular flexibility index (Phi) is 5.46. The van der Waals surface area contributed by atoms with Gasteiger partial charge >= 0.3 is 0 Å². The van der Waals surface area contributed by atoms with Crippen LogP contribution >= 0.6 is 11.6 Å². The van der Waals surface area contributed by atoms with Gasteiger partial charge in [0.1, 0.15) is 0 Å². The molecule has 0 radical (unpaired) electrons. The number of carbonyl (C=O) groups excluding carboxylic acids is 1. The first kappa shape index (κ1) is 18.7. The van der Waals surface area contributed by atoms with Gasteiger partial charge < -0.3 is 15.0 Å². The normalized spacial score (nSPS) is 16.1. The molecule has 0 fully saturated rings. The van der Waals surface area contributed by atoms with Gasteiger partial charge in [-0.15, -0.1) is 0 Å². The maximum Gasteiger partial charge on any atom is 0.232 e. The third-order valence-electron chi connectivity index (χ3n) is 5.20. The van der Waals surface area contributed by atoms with Crippen LogP contribution in [0.15, 0.2) is 54.9 Å². The molecule has 28 heavy (non-hydrogen) atoms. The van der Waals surface area contributed by atoms with Crippen molar-refractivity contribution in [1.29, 1.82) is 0 Å². The van der Waals surface area contributed by atoms with Gasteiger partial charge in [0.2, 0.25) is 5.91 Å². The highest BCUT2D eigenvalue weighted by atomic mass is 35.5. The molecule has 2 aromatic carbocycles. The van der Waals surface area contributed by atoms with Crippen molar-refractivity contribution in [2.45, 2.75) is 12.3 Å². The van der Waals surface area contributed by atoms with Gasteiger partial charge in [-0.3, -0.25) is 9.78 Å². The minimum atomic E-state index is -0.258. The molecule has 144 valence electrons. The maximum absolute atomic E-state index is 13.2. The molecule has 1 amide bonds. The number of fused-ring (bicyclic) bond motifs is 2. The molecular formula is C22H22ClN3O2. The van der Waals surface area contributed by atoms with Crippen LogP contribution in [0.4, 0.5) is 11.4 Å². The number of nitrogens with one attached hydrogen (secondary N) is 1. The Morgan fingerprint density at radius 1 is 1.29 bits per heavy atom. The lowest BCUT2D eigenvalue weighted by Gasteiger charge is -2.35. The van der Waals surface area contributed by atoms with E-state index in [0.29, 0.717) is 11.6 Å². The third-order valence-corrected chi connectivity index (χ3v) is 5.44. The molecule has 1 N–H and O–H groups in total. The van der Waals surface area contributed by atoms with Gasteiger partial charge in [0.05, 0.1) is 24.4 Å². The second-order valence-electron chi connectivity index (χ2n) is 6.92. The predicted octanol–water partition coefficient (Wildman–Crippen LogP) is 4.47. The van der Waals surface area contributed by atoms with Crippen molar-refractivity contribution in [3.63, 3.8) is 0 Å². The van der Waals surface area contributed by atoms with Crippen molar-refractivity contribution < 1.29 is 9.53 Å². The van der Waals surface area contributed by atoms with Crippen molar-refractivity contribution in [2.75, 3.05) is 37.0 Å². The van der Waals surface area contributed by atoms with Gasteiger partial charge in [-0.1, -0.05) is 35.9 Å². The first-order chi connectivity index (χ1) is 13.7. The largest absolute Gasteiger partial charge is 0.383 e. The Hall–Kier alpha value is -2.63. The Morgan fingerprint density at radius 3 is 3.00 bits per heavy atom. The molecule has 1 unspecified atom stereocenters. The second-order valence-corrected chi connectivity index (χ2v) is 7.36. The molecule has 0 bridgehead atoms. The quantitative estimate of drug-likeness (QED) is 0.692. The summed E-state index contributed by atoms with van der Waals surface area (Å²) in [6, 6.07) is 13.7. The maximum atomic E-state index is 13.2. The molecule has 0 aliphatic carbocycles. The number of halogens is 1. The molecular weight excluding hydrogens is 374 g/mol. The van der Waals surface area contributed by atoms with Crippen molar-refractivity contribution >= 4 is 39.7 Å². The fourth-order valence-corrected chi connectivity index (χ4v) is 3.98. The minimum absolute atomic E-state index is 0.0342. The van der Waals surface area contributed by atoms with E-state index in [0.717, 1.165) is 47.2 Å². The number of carbonyl (C=O) groups is 1. The summed E-state index contributed by atoms with van der Waals surface area (Å²) in [5, 5.41) is 5.70. The molecule has 2 heterocycles. The lowest BCUT2D eigenvalue weighted by atomic mass is 9.89. The SMILES string of the molecule is COCCN1CCC(C(=O)Nc2cncc3ccccc23)c2cc(Cl)ccc21. The number of hydrogen-bond acceptors (Lipinski definition) is 4. The van der Waals surface area contributed by atoms with Crippen LogP contribution in [-0.4, -0.2) is 37.7 Å². The lowest BCUT2D eigenvalue weighted by Crippen LogP contribution is -2.37. The average Bonchev–Trinajstić information content (AvgIpc) is 2.72. The molecule has 0 saturated carbocycles. The van der Waals surface area contributed by atoms with E-state index >= 15 is 0 Å². The second kappa shape index (κ2) is 8.17. The van der Waals surface area contributed by atoms with Crippen LogP contribution in [0.1, 0.15) is 17.9 Å². The van der Waals surface area contributed by atoms with Crippen LogP contribution in [0.25, 0.3) is 10.8 Å². The van der Waals surface area contributed by atoms with Crippen LogP contribution in [0.5, 0.6) is 0 Å². The molecule has 4 rings (SSSR count). The molecule has 1 aromatic heterocycles. The van der Waals surface area contributed by atoms with E-state index in [4.69, 9.17) is 16.3 Å². The number of amides is 1. The molecule has 0 spiro atoms. The summed E-state index contributed by atoms with van der Waals surface area (Å²) in [5.74, 6) is -0.292. The first-order valence-corrected chi connectivity index (χ1v) is 9.72. The van der Waals surface area contributed by atoms with E-state index in [1.807, 2.05) is 42.5 Å². The fourth-order valence-electron chi connectivity index (χ4n) is 3.80. The molecule has 3 aromatic rings. The molecule has 5 nitrogen and oxygen atoms in total. The van der Waals surface area contributed by atoms with E-state index in [9.17, 15) is 4.79 Å². The number of anilines is 2. The third kappa shape index (κ3) is 3.68. The van der Waals surface area contributed by atoms with E-state index in [1.54, 1.807) is 19.5 Å². The Morgan fingerprint density at radius 2 is 2.14 bits per heavy atom. The highest BCUT2D eigenvalue weighted by molar-refractivity contribution is 6.30. The van der Waals surface area contributed by atoms with Gasteiger partial charge in [0.15, 0.2) is 0 Å². The zero-order valence-electron chi connectivity index (χ0n) is 15.7. The van der Waals surface area contributed by atoms with Gasteiger partial charge in [0.25, 0.3) is 0 Å². The van der Waals surface area contributed by atoms with E-state index in [1.165, 1.54) is 0 Å². The fraction of sp³-hybridized carbons (Fsp3) is 0.273. The number of pyridine rings is 1. The molecule has 1 atom stereocenters. The predicted molar refractivity (Wildman–Crippen MR) is 113 cm³/mol. The van der Waals surface area contributed by atoms with E-state index < -0.39 is 0 Å². The summed E-state index contributed by atoms with van der Waals surface area (Å²) in [5.41, 5.74) is 2.73. The van der Waals surface area contributed by atoms with Crippen LogP contribution in [0, 0.1) is 0 Å². The summed E-state index contributed by atoms with van der Waals surface area (Å²) in [6.07, 6.45) is 4.22. The monoisotopic (exact) mass is 395 g/mol. The Labute approximate surface area is 169 Å². The number of benzene rings is 2. The van der Waals surface area contributed by atoms with Gasteiger partial charge in [0, 0.05) is 47.9 Å². The number of rotatable bonds is 5. The summed E-state index contributed by atoms with van der Waals surface area (Å²) in [6.45, 7) is 2.22. The van der Waals surface area contributed by atoms with Crippen molar-refractivity contribution in [1.82, 2.24) is 4.98 Å². The minimum Gasteiger partial charge on any atom is -0.383 e. The number of hydrogen-bond donors (Lipinski definition) is 1. The van der Waals surface area contributed by atoms with Crippen LogP contribution in [0.2, 0.25) is 5.02 Å². The van der Waals surface area contributed by atoms with Gasteiger partial charge in [-0.05, 0) is 30.2 Å². The summed E-state index contributed by atoms with van der Waals surface area (Å²) in [4.78, 5) is 19.7. The summed E-state index contributed by atoms with van der Waals surface area (Å²) in [7, 11) is 1.70. The van der Waals surface area contributed by atoms with Crippen molar-refractivity contribution in [3.05, 3.63) is 65.4 Å². The topological polar surface area (TPSA) is 54.5 Å². The molecule has 1 aliphatic heterocycles. The average molecular weight is 396 g/mol. The van der Waals surface area contributed by atoms with Crippen LogP contribution in [-0.2, 0) is 9.53 Å². The van der Waals surface area contributed by atoms with E-state index in [2.05, 4.69) is 15.2 Å². The smallest absolute Gasteiger partial charge is 0.232 e. The zero-order valence-corrected chi connectivity index (χ0v) is 16.4.